The van der Waals surface area contributed by atoms with E-state index in [-0.39, 0.29) is 5.43 Å². The number of thiazole rings is 1. The predicted octanol–water partition coefficient (Wildman–Crippen LogP) is 6.19. The molecule has 2 aromatic heterocycles. The summed E-state index contributed by atoms with van der Waals surface area (Å²) >= 11 is 1.56. The van der Waals surface area contributed by atoms with Crippen LogP contribution >= 0.6 is 11.3 Å². The largest absolute Gasteiger partial charge is 0.496 e. The minimum absolute atomic E-state index is 0.00685. The van der Waals surface area contributed by atoms with Crippen molar-refractivity contribution in [2.45, 2.75) is 46.5 Å². The van der Waals surface area contributed by atoms with E-state index in [2.05, 4.69) is 43.0 Å². The van der Waals surface area contributed by atoms with Crippen molar-refractivity contribution in [3.8, 4) is 22.2 Å². The molecule has 34 heavy (non-hydrogen) atoms. The molecule has 0 radical (unpaired) electrons. The van der Waals surface area contributed by atoms with Crippen molar-refractivity contribution in [1.82, 2.24) is 9.97 Å². The van der Waals surface area contributed by atoms with Crippen molar-refractivity contribution in [3.63, 3.8) is 0 Å². The molecule has 6 nitrogen and oxygen atoms in total. The number of ether oxygens (including phenoxy) is 2. The van der Waals surface area contributed by atoms with Crippen molar-refractivity contribution in [2.24, 2.45) is 0 Å². The zero-order valence-electron chi connectivity index (χ0n) is 20.7. The highest BCUT2D eigenvalue weighted by atomic mass is 32.1. The molecule has 0 bridgehead atoms. The predicted molar refractivity (Wildman–Crippen MR) is 142 cm³/mol. The number of hydrogen-bond acceptors (Lipinski definition) is 6. The summed E-state index contributed by atoms with van der Waals surface area (Å²) in [4.78, 5) is 20.5. The van der Waals surface area contributed by atoms with E-state index in [1.807, 2.05) is 30.3 Å². The number of nitrogens with two attached hydrogens (primary N) is 1. The number of nitrogens with zero attached hydrogens (tertiary/aromatic N) is 1. The number of pyridine rings is 1. The molecule has 2 aromatic carbocycles. The van der Waals surface area contributed by atoms with Crippen LogP contribution in [0, 0.1) is 0 Å². The molecule has 0 saturated carbocycles. The number of anilines is 1. The summed E-state index contributed by atoms with van der Waals surface area (Å²) in [6, 6.07) is 11.0. The molecule has 2 heterocycles. The molecular weight excluding hydrogens is 446 g/mol. The van der Waals surface area contributed by atoms with Gasteiger partial charge in [0.05, 0.1) is 31.1 Å². The Morgan fingerprint density at radius 1 is 1.03 bits per heavy atom. The van der Waals surface area contributed by atoms with E-state index < -0.39 is 0 Å². The minimum Gasteiger partial charge on any atom is -0.496 e. The van der Waals surface area contributed by atoms with Gasteiger partial charge >= 0.3 is 0 Å². The fraction of sp³-hybridized carbons (Fsp3) is 0.333. The van der Waals surface area contributed by atoms with E-state index >= 15 is 0 Å². The van der Waals surface area contributed by atoms with Gasteiger partial charge in [-0.05, 0) is 43.0 Å². The Hall–Kier alpha value is -3.32. The third-order valence-corrected chi connectivity index (χ3v) is 6.62. The van der Waals surface area contributed by atoms with E-state index in [0.29, 0.717) is 11.3 Å². The van der Waals surface area contributed by atoms with Gasteiger partial charge in [-0.25, -0.2) is 4.98 Å². The summed E-state index contributed by atoms with van der Waals surface area (Å²) < 4.78 is 10.6. The molecule has 4 aromatic rings. The lowest BCUT2D eigenvalue weighted by Gasteiger charge is -2.11. The van der Waals surface area contributed by atoms with Gasteiger partial charge in [-0.1, -0.05) is 33.8 Å². The molecule has 7 heteroatoms. The molecule has 0 spiro atoms. The Morgan fingerprint density at radius 2 is 1.71 bits per heavy atom. The number of nitrogens with one attached hydrogen (secondary N) is 1. The van der Waals surface area contributed by atoms with Gasteiger partial charge in [0.15, 0.2) is 5.43 Å². The van der Waals surface area contributed by atoms with Gasteiger partial charge in [0, 0.05) is 33.6 Å². The van der Waals surface area contributed by atoms with Gasteiger partial charge in [0.1, 0.15) is 16.5 Å². The van der Waals surface area contributed by atoms with Gasteiger partial charge in [-0.2, -0.15) is 0 Å². The lowest BCUT2D eigenvalue weighted by Crippen LogP contribution is -2.06. The number of benzene rings is 2. The zero-order valence-corrected chi connectivity index (χ0v) is 21.5. The molecule has 0 amide bonds. The van der Waals surface area contributed by atoms with Crippen LogP contribution < -0.4 is 20.6 Å². The summed E-state index contributed by atoms with van der Waals surface area (Å²) in [5.74, 6) is 2.06. The number of aromatic nitrogens is 2. The molecule has 4 rings (SSSR count). The maximum Gasteiger partial charge on any atom is 0.190 e. The number of fused-ring (bicyclic) bond motifs is 1. The lowest BCUT2D eigenvalue weighted by atomic mass is 10.1. The highest BCUT2D eigenvalue weighted by Gasteiger charge is 2.14. The molecular formula is C27H33N3O3S. The van der Waals surface area contributed by atoms with E-state index in [9.17, 15) is 4.79 Å². The van der Waals surface area contributed by atoms with E-state index in [0.717, 1.165) is 63.1 Å². The Morgan fingerprint density at radius 3 is 2.26 bits per heavy atom. The number of nitrogen functional groups attached to an aromatic ring is 1. The number of aryl methyl sites for hydroxylation is 1. The first kappa shape index (κ1) is 25.3. The van der Waals surface area contributed by atoms with Gasteiger partial charge in [-0.15, -0.1) is 11.3 Å². The summed E-state index contributed by atoms with van der Waals surface area (Å²) in [6.45, 7) is 8.35. The molecule has 0 saturated heterocycles. The van der Waals surface area contributed by atoms with Crippen molar-refractivity contribution in [3.05, 3.63) is 68.8 Å². The van der Waals surface area contributed by atoms with Gasteiger partial charge in [0.2, 0.25) is 0 Å². The van der Waals surface area contributed by atoms with Crippen LogP contribution in [0.15, 0.2) is 46.6 Å². The Bertz CT molecular complexity index is 1320. The maximum atomic E-state index is 12.5. The average Bonchev–Trinajstić information content (AvgIpc) is 3.34. The fourth-order valence-corrected chi connectivity index (χ4v) is 4.79. The average molecular weight is 480 g/mol. The first-order chi connectivity index (χ1) is 16.3. The number of H-pyrrole nitrogens is 1. The SMILES string of the molecule is CCc1c(N)cccc1OC.CCc1c(OC)ccc2c(=O)cc(-c3nc(C(C)C)cs3)[nH]c12. The third-order valence-electron chi connectivity index (χ3n) is 5.73. The minimum atomic E-state index is 0.00685. The lowest BCUT2D eigenvalue weighted by molar-refractivity contribution is 0.410. The molecule has 0 atom stereocenters. The summed E-state index contributed by atoms with van der Waals surface area (Å²) in [5.41, 5.74) is 11.3. The van der Waals surface area contributed by atoms with Crippen LogP contribution in [0.25, 0.3) is 21.6 Å². The van der Waals surface area contributed by atoms with Crippen molar-refractivity contribution >= 4 is 27.9 Å². The van der Waals surface area contributed by atoms with E-state index in [1.54, 1.807) is 31.6 Å². The normalized spacial score (nSPS) is 10.8. The van der Waals surface area contributed by atoms with Crippen molar-refractivity contribution in [1.29, 1.82) is 0 Å². The highest BCUT2D eigenvalue weighted by molar-refractivity contribution is 7.13. The second-order valence-electron chi connectivity index (χ2n) is 8.18. The number of hydrogen-bond donors (Lipinski definition) is 2. The Labute approximate surface area is 204 Å². The smallest absolute Gasteiger partial charge is 0.190 e. The summed E-state index contributed by atoms with van der Waals surface area (Å²) in [5, 5.41) is 3.58. The molecule has 0 fully saturated rings. The number of methoxy groups -OCH3 is 2. The second-order valence-corrected chi connectivity index (χ2v) is 9.04. The molecule has 0 unspecified atom stereocenters. The van der Waals surface area contributed by atoms with Crippen LogP contribution in [0.2, 0.25) is 0 Å². The molecule has 0 aliphatic rings. The van der Waals surface area contributed by atoms with Crippen LogP contribution in [0.5, 0.6) is 11.5 Å². The first-order valence-corrected chi connectivity index (χ1v) is 12.3. The quantitative estimate of drug-likeness (QED) is 0.322. The summed E-state index contributed by atoms with van der Waals surface area (Å²) in [7, 11) is 3.31. The molecule has 0 aliphatic carbocycles. The Balaban J connectivity index is 0.000000248. The van der Waals surface area contributed by atoms with Gasteiger partial charge in [0.25, 0.3) is 0 Å². The number of rotatable bonds is 6. The van der Waals surface area contributed by atoms with Crippen LogP contribution in [0.4, 0.5) is 5.69 Å². The third kappa shape index (κ3) is 5.25. The topological polar surface area (TPSA) is 90.2 Å². The van der Waals surface area contributed by atoms with E-state index in [4.69, 9.17) is 15.2 Å². The Kier molecular flexibility index (Phi) is 8.34. The molecule has 180 valence electrons. The maximum absolute atomic E-state index is 12.5. The van der Waals surface area contributed by atoms with Crippen LogP contribution in [-0.4, -0.2) is 24.2 Å². The standard InChI is InChI=1S/C18H20N2O2S.C9H13NO/c1-5-11-16(22-4)7-6-12-15(21)8-13(19-17(11)12)18-20-14(9-23-18)10(2)3;1-3-7-8(10)5-4-6-9(7)11-2/h6-10H,5H2,1-4H3,(H,19,21);4-6H,3,10H2,1-2H3. The molecule has 0 aliphatic heterocycles. The van der Waals surface area contributed by atoms with E-state index in [1.165, 1.54) is 0 Å². The van der Waals surface area contributed by atoms with Crippen LogP contribution in [0.3, 0.4) is 0 Å². The van der Waals surface area contributed by atoms with Crippen molar-refractivity contribution in [2.75, 3.05) is 20.0 Å². The van der Waals surface area contributed by atoms with Crippen molar-refractivity contribution < 1.29 is 9.47 Å². The van der Waals surface area contributed by atoms with Crippen LogP contribution in [-0.2, 0) is 12.8 Å². The van der Waals surface area contributed by atoms with Gasteiger partial charge in [-0.3, -0.25) is 4.79 Å². The second kappa shape index (κ2) is 11.2. The first-order valence-electron chi connectivity index (χ1n) is 11.4. The monoisotopic (exact) mass is 479 g/mol. The summed E-state index contributed by atoms with van der Waals surface area (Å²) in [6.07, 6.45) is 1.70. The fourth-order valence-electron chi connectivity index (χ4n) is 3.84. The van der Waals surface area contributed by atoms with Gasteiger partial charge < -0.3 is 20.2 Å². The van der Waals surface area contributed by atoms with Crippen LogP contribution in [0.1, 0.15) is 50.4 Å². The zero-order chi connectivity index (χ0) is 24.8. The highest BCUT2D eigenvalue weighted by Crippen LogP contribution is 2.30. The molecule has 3 N–H and O–H groups in total. The number of aromatic amines is 1.